The van der Waals surface area contributed by atoms with E-state index in [4.69, 9.17) is 28.9 Å². The van der Waals surface area contributed by atoms with E-state index in [1.165, 1.54) is 60.9 Å². The van der Waals surface area contributed by atoms with Gasteiger partial charge in [0.15, 0.2) is 0 Å². The molecule has 9 aromatic rings. The first-order valence-corrected chi connectivity index (χ1v) is 33.2. The highest BCUT2D eigenvalue weighted by Gasteiger charge is 2.60. The maximum atomic E-state index is 14.0. The number of amides is 1. The standard InChI is InChI=1S/C47H50N4O4.C29H24N2O4.2C2H6/c1-5-6-7-8-9-13-33-18-20-34(21-19-33)45(53)54-36-24-22-35(23-25-36)50-28-30-51(31-29-50)44(52)39-15-12-14-38-37(39)26-27-42-43(38)48-32-47(55-42)46(2,3)40-16-10-11-17-41(40)49(47)4;1-28(2)23-9-4-5-10-24(23)31(3)29(28)17-30-26-21-7-6-8-22(20(21)15-16-25(26)35-29)27(33)34-19-13-11-18(32)12-14-19;2*1-2/h10-12,14-27,32H,5-9,13,28-31H2,1-4H3;4-17,32H,1-3H3;2*1-2H3. The monoisotopic (exact) mass is 1260 g/mol. The number of esters is 2. The molecule has 14 heteroatoms. The van der Waals surface area contributed by atoms with Crippen LogP contribution in [0.4, 0.5) is 28.4 Å². The zero-order valence-corrected chi connectivity index (χ0v) is 56.0. The Hall–Kier alpha value is -9.95. The van der Waals surface area contributed by atoms with Crippen molar-refractivity contribution in [3.8, 4) is 28.7 Å². The summed E-state index contributed by atoms with van der Waals surface area (Å²) < 4.78 is 24.9. The maximum absolute atomic E-state index is 14.0. The summed E-state index contributed by atoms with van der Waals surface area (Å²) in [6.07, 6.45) is 11.1. The number of aryl methyl sites for hydroxylation is 1. The molecule has 0 aromatic heterocycles. The molecule has 94 heavy (non-hydrogen) atoms. The van der Waals surface area contributed by atoms with Gasteiger partial charge in [-0.05, 0) is 177 Å². The number of piperazine rings is 1. The Morgan fingerprint density at radius 3 is 1.50 bits per heavy atom. The van der Waals surface area contributed by atoms with Crippen LogP contribution in [0, 0.1) is 0 Å². The number of benzene rings is 9. The van der Waals surface area contributed by atoms with Crippen molar-refractivity contribution in [2.45, 2.75) is 123 Å². The smallest absolute Gasteiger partial charge is 0.344 e. The number of carbonyl (C=O) groups is 3. The number of hydrogen-bond donors (Lipinski definition) is 1. The Morgan fingerprint density at radius 1 is 0.500 bits per heavy atom. The number of hydrogen-bond acceptors (Lipinski definition) is 13. The Labute approximate surface area is 553 Å². The van der Waals surface area contributed by atoms with Crippen LogP contribution in [0.2, 0.25) is 0 Å². The molecule has 0 aliphatic carbocycles. The second-order valence-electron chi connectivity index (χ2n) is 25.0. The number of nitrogens with zero attached hydrogens (tertiary/aromatic N) is 6. The number of carbonyl (C=O) groups excluding carboxylic acids is 3. The van der Waals surface area contributed by atoms with Gasteiger partial charge in [-0.2, -0.15) is 0 Å². The molecule has 5 heterocycles. The van der Waals surface area contributed by atoms with Crippen LogP contribution in [0.5, 0.6) is 28.7 Å². The van der Waals surface area contributed by atoms with Gasteiger partial charge >= 0.3 is 11.9 Å². The predicted octanol–water partition coefficient (Wildman–Crippen LogP) is 17.8. The summed E-state index contributed by atoms with van der Waals surface area (Å²) in [5.41, 5.74) is 7.81. The van der Waals surface area contributed by atoms with E-state index >= 15 is 0 Å². The average molecular weight is 1260 g/mol. The summed E-state index contributed by atoms with van der Waals surface area (Å²) in [5.74, 6) is 1.52. The minimum Gasteiger partial charge on any atom is -0.508 e. The van der Waals surface area contributed by atoms with E-state index in [0.717, 1.165) is 50.7 Å². The first-order chi connectivity index (χ1) is 45.5. The van der Waals surface area contributed by atoms with E-state index in [1.807, 2.05) is 167 Å². The van der Waals surface area contributed by atoms with E-state index in [9.17, 15) is 19.5 Å². The van der Waals surface area contributed by atoms with E-state index in [2.05, 4.69) is 92.8 Å². The Balaban J connectivity index is 0.000000198. The van der Waals surface area contributed by atoms with Crippen molar-refractivity contribution < 1.29 is 38.4 Å². The number of aliphatic imine (C=N–C) groups is 2. The van der Waals surface area contributed by atoms with Crippen molar-refractivity contribution in [3.05, 3.63) is 215 Å². The fourth-order valence-corrected chi connectivity index (χ4v) is 13.8. The summed E-state index contributed by atoms with van der Waals surface area (Å²) in [6.45, 7) is 21.6. The largest absolute Gasteiger partial charge is 0.508 e. The molecule has 1 fully saturated rings. The zero-order valence-electron chi connectivity index (χ0n) is 56.0. The number of rotatable bonds is 12. The number of aromatic hydroxyl groups is 1. The highest BCUT2D eigenvalue weighted by Crippen LogP contribution is 2.56. The molecular formula is C80H86N6O8. The van der Waals surface area contributed by atoms with Crippen LogP contribution in [0.3, 0.4) is 0 Å². The molecule has 0 saturated carbocycles. The lowest BCUT2D eigenvalue weighted by Gasteiger charge is -2.45. The molecule has 0 bridgehead atoms. The summed E-state index contributed by atoms with van der Waals surface area (Å²) in [4.78, 5) is 58.3. The Bertz CT molecular complexity index is 4310. The quantitative estimate of drug-likeness (QED) is 0.0708. The van der Waals surface area contributed by atoms with Gasteiger partial charge in [0.2, 0.25) is 11.4 Å². The van der Waals surface area contributed by atoms with Gasteiger partial charge in [0, 0.05) is 73.7 Å². The molecule has 2 atom stereocenters. The summed E-state index contributed by atoms with van der Waals surface area (Å²) in [7, 11) is 4.09. The van der Waals surface area contributed by atoms with E-state index < -0.39 is 17.4 Å². The fraction of sp³-hybridized carbons (Fsp3) is 0.312. The Morgan fingerprint density at radius 2 is 0.979 bits per heavy atom. The second kappa shape index (κ2) is 27.3. The lowest BCUT2D eigenvalue weighted by Crippen LogP contribution is -2.61. The lowest BCUT2D eigenvalue weighted by molar-refractivity contribution is 0.0726. The van der Waals surface area contributed by atoms with Gasteiger partial charge < -0.3 is 43.7 Å². The van der Waals surface area contributed by atoms with E-state index in [1.54, 1.807) is 18.2 Å². The van der Waals surface area contributed by atoms with Crippen LogP contribution in [-0.2, 0) is 17.3 Å². The maximum Gasteiger partial charge on any atom is 0.344 e. The molecule has 5 aliphatic heterocycles. The lowest BCUT2D eigenvalue weighted by atomic mass is 9.77. The van der Waals surface area contributed by atoms with E-state index in [0.29, 0.717) is 71.6 Å². The summed E-state index contributed by atoms with van der Waals surface area (Å²) in [6, 6.07) is 57.3. The van der Waals surface area contributed by atoms with Crippen LogP contribution in [0.1, 0.15) is 142 Å². The molecule has 9 aromatic carbocycles. The van der Waals surface area contributed by atoms with Gasteiger partial charge in [0.25, 0.3) is 5.91 Å². The predicted molar refractivity (Wildman–Crippen MR) is 381 cm³/mol. The molecule has 2 unspecified atom stereocenters. The van der Waals surface area contributed by atoms with Crippen molar-refractivity contribution >= 4 is 80.3 Å². The normalized spacial score (nSPS) is 18.0. The van der Waals surface area contributed by atoms with Gasteiger partial charge in [-0.25, -0.2) is 9.59 Å². The molecule has 5 aliphatic rings. The van der Waals surface area contributed by atoms with Crippen LogP contribution in [0.15, 0.2) is 192 Å². The number of anilines is 3. The Kier molecular flexibility index (Phi) is 19.0. The number of unbranched alkanes of at least 4 members (excludes halogenated alkanes) is 4. The third kappa shape index (κ3) is 11.9. The topological polar surface area (TPSA) is 146 Å². The van der Waals surface area contributed by atoms with Crippen molar-refractivity contribution in [1.29, 1.82) is 0 Å². The highest BCUT2D eigenvalue weighted by atomic mass is 16.5. The molecule has 1 saturated heterocycles. The summed E-state index contributed by atoms with van der Waals surface area (Å²) >= 11 is 0. The molecule has 14 nitrogen and oxygen atoms in total. The number of fused-ring (bicyclic) bond motifs is 8. The van der Waals surface area contributed by atoms with E-state index in [-0.39, 0.29) is 28.5 Å². The van der Waals surface area contributed by atoms with Crippen LogP contribution < -0.4 is 33.6 Å². The SMILES string of the molecule is CC.CC.CCCCCCCc1ccc(C(=O)Oc2ccc(N3CCN(C(=O)c4cccc5c6c(ccc45)OC4(C=N6)N(C)c5ccccc5C4(C)C)CC3)cc2)cc1.CN1c2ccccc2C(C)(C)C12C=Nc1c(ccc3c(C(=O)Oc4ccc(O)cc4)cccc13)O2. The molecule has 2 spiro atoms. The number of phenols is 1. The number of ether oxygens (including phenoxy) is 4. The first-order valence-electron chi connectivity index (χ1n) is 33.2. The minimum atomic E-state index is -0.771. The molecule has 1 amide bonds. The van der Waals surface area contributed by atoms with Crippen LogP contribution >= 0.6 is 0 Å². The number of para-hydroxylation sites is 2. The molecule has 14 rings (SSSR count). The fourth-order valence-electron chi connectivity index (χ4n) is 13.8. The number of likely N-dealkylation sites (N-methyl/N-ethyl adjacent to an activating group) is 2. The van der Waals surface area contributed by atoms with Gasteiger partial charge in [-0.1, -0.05) is 133 Å². The third-order valence-electron chi connectivity index (χ3n) is 19.2. The zero-order chi connectivity index (χ0) is 66.5. The van der Waals surface area contributed by atoms with Crippen LogP contribution in [0.25, 0.3) is 21.5 Å². The van der Waals surface area contributed by atoms with Crippen molar-refractivity contribution in [1.82, 2.24) is 4.90 Å². The van der Waals surface area contributed by atoms with Gasteiger partial charge in [-0.3, -0.25) is 14.8 Å². The first kappa shape index (κ1) is 65.5. The minimum absolute atomic E-state index is 0.0109. The highest BCUT2D eigenvalue weighted by molar-refractivity contribution is 6.12. The third-order valence-corrected chi connectivity index (χ3v) is 19.2. The second-order valence-corrected chi connectivity index (χ2v) is 25.0. The van der Waals surface area contributed by atoms with Crippen molar-refractivity contribution in [3.63, 3.8) is 0 Å². The molecular weight excluding hydrogens is 1170 g/mol. The van der Waals surface area contributed by atoms with Crippen LogP contribution in [-0.4, -0.2) is 92.0 Å². The number of phenolic OH excluding ortho intramolecular Hbond substituents is 1. The summed E-state index contributed by atoms with van der Waals surface area (Å²) in [5, 5.41) is 12.8. The van der Waals surface area contributed by atoms with Gasteiger partial charge in [0.1, 0.15) is 40.1 Å². The van der Waals surface area contributed by atoms with Gasteiger partial charge in [0.05, 0.1) is 34.4 Å². The van der Waals surface area contributed by atoms with Gasteiger partial charge in [-0.15, -0.1) is 0 Å². The average Bonchev–Trinajstić information content (AvgIpc) is 1.52. The van der Waals surface area contributed by atoms with Crippen molar-refractivity contribution in [2.75, 3.05) is 55.0 Å². The van der Waals surface area contributed by atoms with Crippen molar-refractivity contribution in [2.24, 2.45) is 9.98 Å². The molecule has 484 valence electrons. The molecule has 1 N–H and O–H groups in total. The molecule has 0 radical (unpaired) electrons.